The first-order valence-corrected chi connectivity index (χ1v) is 7.99. The molecule has 0 spiro atoms. The van der Waals surface area contributed by atoms with Crippen LogP contribution in [-0.4, -0.2) is 75.8 Å². The summed E-state index contributed by atoms with van der Waals surface area (Å²) in [6, 6.07) is -0.900. The largest absolute Gasteiger partial charge is 0.480 e. The number of hydrogen-bond acceptors (Lipinski definition) is 4. The van der Waals surface area contributed by atoms with Gasteiger partial charge in [0.15, 0.2) is 0 Å². The van der Waals surface area contributed by atoms with Crippen molar-refractivity contribution in [1.82, 2.24) is 9.80 Å². The Hall–Kier alpha value is -0.950. The molecular weight excluding hydrogens is 280 g/mol. The molecular formula is C13H22N2O4S. The Balaban J connectivity index is 2.10. The molecule has 2 unspecified atom stereocenters. The summed E-state index contributed by atoms with van der Waals surface area (Å²) in [5.74, 6) is 0.328. The van der Waals surface area contributed by atoms with Gasteiger partial charge in [-0.2, -0.15) is 11.8 Å². The van der Waals surface area contributed by atoms with Crippen molar-refractivity contribution in [2.45, 2.75) is 38.5 Å². The molecule has 2 atom stereocenters. The zero-order valence-corrected chi connectivity index (χ0v) is 13.0. The van der Waals surface area contributed by atoms with Crippen molar-refractivity contribution < 1.29 is 19.4 Å². The fourth-order valence-corrected chi connectivity index (χ4v) is 3.86. The molecule has 2 saturated heterocycles. The number of carbonyl (C=O) groups excluding carboxylic acids is 1. The van der Waals surface area contributed by atoms with Crippen LogP contribution in [0.5, 0.6) is 0 Å². The first kappa shape index (κ1) is 15.4. The maximum atomic E-state index is 12.6. The van der Waals surface area contributed by atoms with Crippen molar-refractivity contribution >= 4 is 23.8 Å². The van der Waals surface area contributed by atoms with Gasteiger partial charge < -0.3 is 19.6 Å². The predicted octanol–water partition coefficient (Wildman–Crippen LogP) is 1.11. The van der Waals surface area contributed by atoms with Crippen molar-refractivity contribution in [3.05, 3.63) is 0 Å². The highest BCUT2D eigenvalue weighted by atomic mass is 32.2. The summed E-state index contributed by atoms with van der Waals surface area (Å²) < 4.78 is 5.78. The molecule has 20 heavy (non-hydrogen) atoms. The van der Waals surface area contributed by atoms with Crippen molar-refractivity contribution in [1.29, 1.82) is 0 Å². The topological polar surface area (TPSA) is 70.1 Å². The fourth-order valence-electron chi connectivity index (χ4n) is 2.82. The second-order valence-corrected chi connectivity index (χ2v) is 7.12. The second-order valence-electron chi connectivity index (χ2n) is 5.97. The SMILES string of the molecule is CC1CN(C(=O)N2CCSCC2C(=O)O)CC(C)(C)O1. The summed E-state index contributed by atoms with van der Waals surface area (Å²) in [5.41, 5.74) is -0.392. The summed E-state index contributed by atoms with van der Waals surface area (Å²) in [7, 11) is 0. The third-order valence-electron chi connectivity index (χ3n) is 3.50. The van der Waals surface area contributed by atoms with Crippen molar-refractivity contribution in [2.24, 2.45) is 0 Å². The zero-order valence-electron chi connectivity index (χ0n) is 12.2. The smallest absolute Gasteiger partial charge is 0.327 e. The van der Waals surface area contributed by atoms with E-state index in [9.17, 15) is 14.7 Å². The minimum atomic E-state index is -0.925. The Morgan fingerprint density at radius 2 is 2.10 bits per heavy atom. The average Bonchev–Trinajstić information content (AvgIpc) is 2.35. The first-order chi connectivity index (χ1) is 9.30. The van der Waals surface area contributed by atoms with Gasteiger partial charge in [-0.15, -0.1) is 0 Å². The Morgan fingerprint density at radius 1 is 1.40 bits per heavy atom. The van der Waals surface area contributed by atoms with Crippen molar-refractivity contribution in [3.8, 4) is 0 Å². The molecule has 2 rings (SSSR count). The number of carbonyl (C=O) groups is 2. The third-order valence-corrected chi connectivity index (χ3v) is 4.52. The summed E-state index contributed by atoms with van der Waals surface area (Å²) in [4.78, 5) is 27.1. The van der Waals surface area contributed by atoms with Gasteiger partial charge in [-0.1, -0.05) is 0 Å². The Labute approximate surface area is 123 Å². The van der Waals surface area contributed by atoms with Gasteiger partial charge in [0.25, 0.3) is 0 Å². The number of thioether (sulfide) groups is 1. The quantitative estimate of drug-likeness (QED) is 0.785. The Morgan fingerprint density at radius 3 is 2.70 bits per heavy atom. The van der Waals surface area contributed by atoms with Crippen LogP contribution in [0.25, 0.3) is 0 Å². The van der Waals surface area contributed by atoms with Crippen molar-refractivity contribution in [3.63, 3.8) is 0 Å². The Kier molecular flexibility index (Phi) is 4.49. The van der Waals surface area contributed by atoms with E-state index in [-0.39, 0.29) is 12.1 Å². The van der Waals surface area contributed by atoms with E-state index in [1.807, 2.05) is 20.8 Å². The van der Waals surface area contributed by atoms with Crippen LogP contribution in [0, 0.1) is 0 Å². The van der Waals surface area contributed by atoms with Crippen molar-refractivity contribution in [2.75, 3.05) is 31.1 Å². The number of urea groups is 1. The normalized spacial score (nSPS) is 30.1. The van der Waals surface area contributed by atoms with Gasteiger partial charge in [0.05, 0.1) is 18.2 Å². The van der Waals surface area contributed by atoms with Gasteiger partial charge in [-0.3, -0.25) is 0 Å². The molecule has 0 aromatic heterocycles. The fraction of sp³-hybridized carbons (Fsp3) is 0.846. The lowest BCUT2D eigenvalue weighted by Gasteiger charge is -2.44. The minimum absolute atomic E-state index is 0.0369. The van der Waals surface area contributed by atoms with E-state index < -0.39 is 17.6 Å². The Bertz CT molecular complexity index is 402. The summed E-state index contributed by atoms with van der Waals surface area (Å²) >= 11 is 1.58. The molecule has 7 heteroatoms. The summed E-state index contributed by atoms with van der Waals surface area (Å²) in [6.07, 6.45) is -0.0369. The lowest BCUT2D eigenvalue weighted by Crippen LogP contribution is -2.60. The first-order valence-electron chi connectivity index (χ1n) is 6.84. The maximum absolute atomic E-state index is 12.6. The second kappa shape index (κ2) is 5.81. The molecule has 2 amide bonds. The lowest BCUT2D eigenvalue weighted by atomic mass is 10.1. The standard InChI is InChI=1S/C13H22N2O4S/c1-9-6-14(8-13(2,3)19-9)12(18)15-4-5-20-7-10(15)11(16)17/h9-10H,4-8H2,1-3H3,(H,16,17). The van der Waals surface area contributed by atoms with Crippen LogP contribution in [0.4, 0.5) is 4.79 Å². The molecule has 2 heterocycles. The van der Waals surface area contributed by atoms with Gasteiger partial charge in [0.1, 0.15) is 6.04 Å². The van der Waals surface area contributed by atoms with E-state index in [1.165, 1.54) is 4.90 Å². The summed E-state index contributed by atoms with van der Waals surface area (Å²) in [5, 5.41) is 9.26. The molecule has 2 aliphatic heterocycles. The molecule has 0 aromatic carbocycles. The summed E-state index contributed by atoms with van der Waals surface area (Å²) in [6.45, 7) is 7.33. The number of aliphatic carboxylic acids is 1. The van der Waals surface area contributed by atoms with E-state index in [0.717, 1.165) is 5.75 Å². The van der Waals surface area contributed by atoms with E-state index in [4.69, 9.17) is 4.74 Å². The highest BCUT2D eigenvalue weighted by Crippen LogP contribution is 2.24. The minimum Gasteiger partial charge on any atom is -0.480 e. The van der Waals surface area contributed by atoms with Crippen LogP contribution in [-0.2, 0) is 9.53 Å². The van der Waals surface area contributed by atoms with Crippen LogP contribution in [0.1, 0.15) is 20.8 Å². The van der Waals surface area contributed by atoms with Gasteiger partial charge in [-0.25, -0.2) is 9.59 Å². The molecule has 0 aromatic rings. The monoisotopic (exact) mass is 302 g/mol. The van der Waals surface area contributed by atoms with Crippen LogP contribution < -0.4 is 0 Å². The van der Waals surface area contributed by atoms with E-state index in [0.29, 0.717) is 25.4 Å². The van der Waals surface area contributed by atoms with Crippen LogP contribution in [0.3, 0.4) is 0 Å². The molecule has 114 valence electrons. The average molecular weight is 302 g/mol. The predicted molar refractivity (Wildman–Crippen MR) is 77.0 cm³/mol. The van der Waals surface area contributed by atoms with Crippen LogP contribution in [0.15, 0.2) is 0 Å². The van der Waals surface area contributed by atoms with Gasteiger partial charge >= 0.3 is 12.0 Å². The van der Waals surface area contributed by atoms with Gasteiger partial charge in [0, 0.05) is 24.6 Å². The maximum Gasteiger partial charge on any atom is 0.327 e. The molecule has 0 bridgehead atoms. The number of hydrogen-bond donors (Lipinski definition) is 1. The number of nitrogens with zero attached hydrogens (tertiary/aromatic N) is 2. The van der Waals surface area contributed by atoms with E-state index >= 15 is 0 Å². The molecule has 6 nitrogen and oxygen atoms in total. The van der Waals surface area contributed by atoms with Gasteiger partial charge in [-0.05, 0) is 20.8 Å². The number of rotatable bonds is 1. The van der Waals surface area contributed by atoms with Gasteiger partial charge in [0.2, 0.25) is 0 Å². The van der Waals surface area contributed by atoms with Crippen LogP contribution in [0.2, 0.25) is 0 Å². The number of carboxylic acids is 1. The molecule has 0 aliphatic carbocycles. The number of ether oxygens (including phenoxy) is 1. The highest BCUT2D eigenvalue weighted by Gasteiger charge is 2.39. The van der Waals surface area contributed by atoms with Crippen LogP contribution >= 0.6 is 11.8 Å². The molecule has 2 aliphatic rings. The highest BCUT2D eigenvalue weighted by molar-refractivity contribution is 7.99. The molecule has 2 fully saturated rings. The number of morpholine rings is 1. The zero-order chi connectivity index (χ0) is 14.9. The number of carboxylic acid groups (broad SMARTS) is 1. The van der Waals surface area contributed by atoms with E-state index in [1.54, 1.807) is 16.7 Å². The molecule has 0 radical (unpaired) electrons. The third kappa shape index (κ3) is 3.38. The molecule has 1 N–H and O–H groups in total. The van der Waals surface area contributed by atoms with E-state index in [2.05, 4.69) is 0 Å². The molecule has 0 saturated carbocycles. The lowest BCUT2D eigenvalue weighted by molar-refractivity contribution is -0.142. The number of amides is 2.